The zero-order valence-corrected chi connectivity index (χ0v) is 12.0. The zero-order valence-electron chi connectivity index (χ0n) is 12.0. The van der Waals surface area contributed by atoms with Crippen LogP contribution in [-0.2, 0) is 0 Å². The van der Waals surface area contributed by atoms with Crippen LogP contribution in [0.3, 0.4) is 0 Å². The predicted octanol–water partition coefficient (Wildman–Crippen LogP) is 2.88. The van der Waals surface area contributed by atoms with Crippen LogP contribution in [0.2, 0.25) is 0 Å². The number of nitrogens with one attached hydrogen (secondary N) is 1. The molecule has 1 heterocycles. The highest BCUT2D eigenvalue weighted by molar-refractivity contribution is 4.86. The molecule has 0 saturated carbocycles. The highest BCUT2D eigenvalue weighted by Gasteiger charge is 2.30. The third kappa shape index (κ3) is 3.74. The Hall–Kier alpha value is -0.0800. The van der Waals surface area contributed by atoms with Crippen LogP contribution in [-0.4, -0.2) is 35.6 Å². The molecule has 0 radical (unpaired) electrons. The molecule has 0 aromatic rings. The van der Waals surface area contributed by atoms with Crippen molar-refractivity contribution in [1.82, 2.24) is 10.2 Å². The SMILES string of the molecule is CCC(C)(C)NCC(C)N1CC(C)CC1C. The minimum absolute atomic E-state index is 0.281. The molecule has 16 heavy (non-hydrogen) atoms. The van der Waals surface area contributed by atoms with Gasteiger partial charge in [-0.2, -0.15) is 0 Å². The Morgan fingerprint density at radius 2 is 2.00 bits per heavy atom. The highest BCUT2D eigenvalue weighted by Crippen LogP contribution is 2.24. The first-order valence-electron chi connectivity index (χ1n) is 6.86. The van der Waals surface area contributed by atoms with Crippen LogP contribution in [0.15, 0.2) is 0 Å². The molecular formula is C14H30N2. The van der Waals surface area contributed by atoms with Gasteiger partial charge in [0.2, 0.25) is 0 Å². The lowest BCUT2D eigenvalue weighted by Gasteiger charge is -2.33. The summed E-state index contributed by atoms with van der Waals surface area (Å²) in [7, 11) is 0. The van der Waals surface area contributed by atoms with Gasteiger partial charge in [0.05, 0.1) is 0 Å². The lowest BCUT2D eigenvalue weighted by molar-refractivity contribution is 0.183. The normalized spacial score (nSPS) is 29.6. The Balaban J connectivity index is 2.38. The van der Waals surface area contributed by atoms with Gasteiger partial charge in [0.1, 0.15) is 0 Å². The largest absolute Gasteiger partial charge is 0.310 e. The van der Waals surface area contributed by atoms with Gasteiger partial charge < -0.3 is 5.32 Å². The summed E-state index contributed by atoms with van der Waals surface area (Å²) >= 11 is 0. The van der Waals surface area contributed by atoms with Gasteiger partial charge in [-0.05, 0) is 46.5 Å². The van der Waals surface area contributed by atoms with E-state index in [4.69, 9.17) is 0 Å². The number of rotatable bonds is 5. The van der Waals surface area contributed by atoms with Gasteiger partial charge >= 0.3 is 0 Å². The van der Waals surface area contributed by atoms with Crippen LogP contribution in [0.4, 0.5) is 0 Å². The number of likely N-dealkylation sites (tertiary alicyclic amines) is 1. The molecule has 0 aromatic heterocycles. The smallest absolute Gasteiger partial charge is 0.0195 e. The van der Waals surface area contributed by atoms with Crippen molar-refractivity contribution in [1.29, 1.82) is 0 Å². The summed E-state index contributed by atoms with van der Waals surface area (Å²) in [6, 6.07) is 1.42. The van der Waals surface area contributed by atoms with Crippen LogP contribution in [0, 0.1) is 5.92 Å². The van der Waals surface area contributed by atoms with Gasteiger partial charge in [-0.15, -0.1) is 0 Å². The molecular weight excluding hydrogens is 196 g/mol. The first-order valence-corrected chi connectivity index (χ1v) is 6.86. The van der Waals surface area contributed by atoms with Crippen LogP contribution >= 0.6 is 0 Å². The van der Waals surface area contributed by atoms with Crippen molar-refractivity contribution in [3.8, 4) is 0 Å². The van der Waals surface area contributed by atoms with E-state index < -0.39 is 0 Å². The predicted molar refractivity (Wildman–Crippen MR) is 71.8 cm³/mol. The standard InChI is InChI=1S/C14H30N2/c1-7-14(5,6)15-9-13(4)16-10-11(2)8-12(16)3/h11-13,15H,7-10H2,1-6H3. The first kappa shape index (κ1) is 14.0. The van der Waals surface area contributed by atoms with Crippen LogP contribution in [0.5, 0.6) is 0 Å². The molecule has 1 aliphatic heterocycles. The molecule has 3 atom stereocenters. The Labute approximate surface area is 102 Å². The molecule has 1 N–H and O–H groups in total. The molecule has 96 valence electrons. The van der Waals surface area contributed by atoms with Crippen molar-refractivity contribution in [3.05, 3.63) is 0 Å². The molecule has 2 nitrogen and oxygen atoms in total. The summed E-state index contributed by atoms with van der Waals surface area (Å²) in [6.45, 7) is 16.3. The summed E-state index contributed by atoms with van der Waals surface area (Å²) in [5.41, 5.74) is 0.281. The van der Waals surface area contributed by atoms with Gasteiger partial charge in [0, 0.05) is 30.7 Å². The molecule has 0 amide bonds. The van der Waals surface area contributed by atoms with Crippen LogP contribution in [0.25, 0.3) is 0 Å². The number of hydrogen-bond acceptors (Lipinski definition) is 2. The topological polar surface area (TPSA) is 15.3 Å². The second kappa shape index (κ2) is 5.50. The lowest BCUT2D eigenvalue weighted by Crippen LogP contribution is -2.48. The van der Waals surface area contributed by atoms with Crippen molar-refractivity contribution >= 4 is 0 Å². The fraction of sp³-hybridized carbons (Fsp3) is 1.00. The van der Waals surface area contributed by atoms with Gasteiger partial charge in [-0.1, -0.05) is 13.8 Å². The Morgan fingerprint density at radius 1 is 1.38 bits per heavy atom. The van der Waals surface area contributed by atoms with E-state index >= 15 is 0 Å². The summed E-state index contributed by atoms with van der Waals surface area (Å²) in [5.74, 6) is 0.872. The van der Waals surface area contributed by atoms with Gasteiger partial charge in [0.15, 0.2) is 0 Å². The van der Waals surface area contributed by atoms with Crippen molar-refractivity contribution in [3.63, 3.8) is 0 Å². The molecule has 0 bridgehead atoms. The van der Waals surface area contributed by atoms with Gasteiger partial charge in [-0.25, -0.2) is 0 Å². The van der Waals surface area contributed by atoms with Crippen molar-refractivity contribution < 1.29 is 0 Å². The van der Waals surface area contributed by atoms with E-state index in [1.54, 1.807) is 0 Å². The third-order valence-corrected chi connectivity index (χ3v) is 4.16. The second-order valence-corrected chi connectivity index (χ2v) is 6.35. The number of nitrogens with zero attached hydrogens (tertiary/aromatic N) is 1. The molecule has 3 unspecified atom stereocenters. The molecule has 1 aliphatic rings. The maximum Gasteiger partial charge on any atom is 0.0195 e. The molecule has 2 heteroatoms. The maximum atomic E-state index is 3.68. The van der Waals surface area contributed by atoms with Crippen molar-refractivity contribution in [2.75, 3.05) is 13.1 Å². The van der Waals surface area contributed by atoms with Crippen LogP contribution < -0.4 is 5.32 Å². The van der Waals surface area contributed by atoms with Crippen LogP contribution in [0.1, 0.15) is 54.4 Å². The fourth-order valence-corrected chi connectivity index (χ4v) is 2.61. The Morgan fingerprint density at radius 3 is 2.44 bits per heavy atom. The summed E-state index contributed by atoms with van der Waals surface area (Å²) in [4.78, 5) is 2.66. The van der Waals surface area contributed by atoms with E-state index in [-0.39, 0.29) is 5.54 Å². The lowest BCUT2D eigenvalue weighted by atomic mass is 10.0. The molecule has 0 aliphatic carbocycles. The Kier molecular flexibility index (Phi) is 4.81. The van der Waals surface area contributed by atoms with Gasteiger partial charge in [-0.3, -0.25) is 4.90 Å². The zero-order chi connectivity index (χ0) is 12.3. The average molecular weight is 226 g/mol. The summed E-state index contributed by atoms with van der Waals surface area (Å²) in [6.07, 6.45) is 2.55. The Bertz CT molecular complexity index is 213. The van der Waals surface area contributed by atoms with E-state index in [1.165, 1.54) is 19.4 Å². The second-order valence-electron chi connectivity index (χ2n) is 6.35. The minimum Gasteiger partial charge on any atom is -0.310 e. The first-order chi connectivity index (χ1) is 7.35. The minimum atomic E-state index is 0.281. The van der Waals surface area contributed by atoms with E-state index in [2.05, 4.69) is 51.8 Å². The van der Waals surface area contributed by atoms with Gasteiger partial charge in [0.25, 0.3) is 0 Å². The average Bonchev–Trinajstić information content (AvgIpc) is 2.54. The molecule has 1 rings (SSSR count). The van der Waals surface area contributed by atoms with Crippen molar-refractivity contribution in [2.24, 2.45) is 5.92 Å². The molecule has 1 saturated heterocycles. The molecule has 0 spiro atoms. The van der Waals surface area contributed by atoms with E-state index in [0.29, 0.717) is 6.04 Å². The molecule has 1 fully saturated rings. The quantitative estimate of drug-likeness (QED) is 0.775. The summed E-state index contributed by atoms with van der Waals surface area (Å²) < 4.78 is 0. The van der Waals surface area contributed by atoms with E-state index in [1.807, 2.05) is 0 Å². The number of hydrogen-bond donors (Lipinski definition) is 1. The fourth-order valence-electron chi connectivity index (χ4n) is 2.61. The summed E-state index contributed by atoms with van der Waals surface area (Å²) in [5, 5.41) is 3.68. The third-order valence-electron chi connectivity index (χ3n) is 4.16. The van der Waals surface area contributed by atoms with E-state index in [9.17, 15) is 0 Å². The van der Waals surface area contributed by atoms with E-state index in [0.717, 1.165) is 18.5 Å². The van der Waals surface area contributed by atoms with Crippen molar-refractivity contribution in [2.45, 2.75) is 72.0 Å². The highest BCUT2D eigenvalue weighted by atomic mass is 15.2. The maximum absolute atomic E-state index is 3.68. The molecule has 0 aromatic carbocycles. The monoisotopic (exact) mass is 226 g/mol.